The van der Waals surface area contributed by atoms with E-state index in [4.69, 9.17) is 10.00 Å². The number of ether oxygens (including phenoxy) is 1. The highest BCUT2D eigenvalue weighted by Crippen LogP contribution is 2.65. The van der Waals surface area contributed by atoms with Crippen molar-refractivity contribution < 1.29 is 28.1 Å². The molecule has 0 radical (unpaired) electrons. The topological polar surface area (TPSA) is 78.4 Å². The highest BCUT2D eigenvalue weighted by Gasteiger charge is 2.61. The Morgan fingerprint density at radius 3 is 2.41 bits per heavy atom. The third-order valence-electron chi connectivity index (χ3n) is 6.55. The first-order valence-electron chi connectivity index (χ1n) is 10.1. The lowest BCUT2D eigenvalue weighted by Crippen LogP contribution is -2.25. The van der Waals surface area contributed by atoms with Gasteiger partial charge in [0.15, 0.2) is 0 Å². The SMILES string of the molecule is CC12CCC(Cc3ccccc3)(O1)c1c2c(O)n(-c2ccc(C#N)c(C(F)(F)F)c2)c1O. The molecule has 2 atom stereocenters. The third-order valence-corrected chi connectivity index (χ3v) is 6.55. The van der Waals surface area contributed by atoms with Gasteiger partial charge in [0.25, 0.3) is 0 Å². The second-order valence-corrected chi connectivity index (χ2v) is 8.56. The Balaban J connectivity index is 1.69. The van der Waals surface area contributed by atoms with Gasteiger partial charge in [0.05, 0.1) is 39.6 Å². The minimum atomic E-state index is -4.76. The fourth-order valence-corrected chi connectivity index (χ4v) is 5.19. The van der Waals surface area contributed by atoms with E-state index in [0.717, 1.165) is 22.3 Å². The molecule has 8 heteroatoms. The van der Waals surface area contributed by atoms with E-state index < -0.39 is 28.5 Å². The van der Waals surface area contributed by atoms with E-state index in [1.54, 1.807) is 0 Å². The molecule has 2 aromatic carbocycles. The Labute approximate surface area is 181 Å². The third kappa shape index (κ3) is 2.74. The number of rotatable bonds is 3. The van der Waals surface area contributed by atoms with Gasteiger partial charge in [-0.15, -0.1) is 0 Å². The van der Waals surface area contributed by atoms with Crippen molar-refractivity contribution in [1.29, 1.82) is 5.26 Å². The summed E-state index contributed by atoms with van der Waals surface area (Å²) in [7, 11) is 0. The highest BCUT2D eigenvalue weighted by atomic mass is 19.4. The molecule has 2 unspecified atom stereocenters. The summed E-state index contributed by atoms with van der Waals surface area (Å²) in [6.07, 6.45) is -3.10. The normalized spacial score (nSPS) is 23.8. The molecule has 5 rings (SSSR count). The predicted octanol–water partition coefficient (Wildman–Crippen LogP) is 5.26. The fourth-order valence-electron chi connectivity index (χ4n) is 5.19. The molecule has 32 heavy (non-hydrogen) atoms. The lowest BCUT2D eigenvalue weighted by molar-refractivity contribution is -0.137. The maximum absolute atomic E-state index is 13.5. The van der Waals surface area contributed by atoms with Gasteiger partial charge in [-0.1, -0.05) is 30.3 Å². The summed E-state index contributed by atoms with van der Waals surface area (Å²) in [6.45, 7) is 1.81. The van der Waals surface area contributed by atoms with E-state index in [1.165, 1.54) is 12.1 Å². The van der Waals surface area contributed by atoms with Gasteiger partial charge in [-0.25, -0.2) is 0 Å². The number of fused-ring (bicyclic) bond motifs is 5. The van der Waals surface area contributed by atoms with Crippen LogP contribution in [0.25, 0.3) is 5.69 Å². The van der Waals surface area contributed by atoms with Crippen LogP contribution in [0.4, 0.5) is 13.2 Å². The minimum Gasteiger partial charge on any atom is -0.494 e. The predicted molar refractivity (Wildman–Crippen MR) is 108 cm³/mol. The molecule has 2 bridgehead atoms. The monoisotopic (exact) mass is 440 g/mol. The van der Waals surface area contributed by atoms with Crippen molar-refractivity contribution >= 4 is 0 Å². The van der Waals surface area contributed by atoms with Crippen molar-refractivity contribution in [2.75, 3.05) is 0 Å². The van der Waals surface area contributed by atoms with Crippen molar-refractivity contribution in [3.05, 3.63) is 76.3 Å². The molecule has 3 aromatic rings. The van der Waals surface area contributed by atoms with Crippen LogP contribution in [-0.4, -0.2) is 14.8 Å². The van der Waals surface area contributed by atoms with Crippen molar-refractivity contribution in [1.82, 2.24) is 4.57 Å². The molecule has 2 aliphatic rings. The maximum atomic E-state index is 13.5. The van der Waals surface area contributed by atoms with Gasteiger partial charge < -0.3 is 14.9 Å². The average Bonchev–Trinajstić information content (AvgIpc) is 3.32. The van der Waals surface area contributed by atoms with Crippen LogP contribution >= 0.6 is 0 Å². The molecule has 0 amide bonds. The van der Waals surface area contributed by atoms with E-state index in [-0.39, 0.29) is 17.4 Å². The van der Waals surface area contributed by atoms with Gasteiger partial charge in [0.1, 0.15) is 5.60 Å². The van der Waals surface area contributed by atoms with E-state index in [0.29, 0.717) is 30.4 Å². The summed E-state index contributed by atoms with van der Waals surface area (Å²) in [4.78, 5) is 0. The lowest BCUT2D eigenvalue weighted by atomic mass is 9.76. The van der Waals surface area contributed by atoms with E-state index in [9.17, 15) is 23.4 Å². The molecule has 164 valence electrons. The number of aromatic hydroxyl groups is 2. The smallest absolute Gasteiger partial charge is 0.417 e. The number of benzene rings is 2. The Hall–Kier alpha value is -3.44. The zero-order chi connectivity index (χ0) is 22.9. The molecule has 1 saturated heterocycles. The van der Waals surface area contributed by atoms with Crippen LogP contribution < -0.4 is 0 Å². The molecular formula is C24H19F3N2O3. The number of alkyl halides is 3. The number of halogens is 3. The fraction of sp³-hybridized carbons (Fsp3) is 0.292. The molecule has 0 saturated carbocycles. The standard InChI is InChI=1S/C24H19F3N2O3/c1-22-9-10-23(32-22,12-14-5-3-2-4-6-14)19-18(22)20(30)29(21(19)31)16-8-7-15(13-28)17(11-16)24(25,26)27/h2-8,11,30-31H,9-10,12H2,1H3. The van der Waals surface area contributed by atoms with Crippen LogP contribution in [0.3, 0.4) is 0 Å². The number of nitriles is 1. The van der Waals surface area contributed by atoms with E-state index in [2.05, 4.69) is 0 Å². The summed E-state index contributed by atoms with van der Waals surface area (Å²) < 4.78 is 47.8. The van der Waals surface area contributed by atoms with Gasteiger partial charge >= 0.3 is 6.18 Å². The highest BCUT2D eigenvalue weighted by molar-refractivity contribution is 5.62. The molecule has 1 aromatic heterocycles. The Bertz CT molecular complexity index is 1280. The number of hydrogen-bond acceptors (Lipinski definition) is 4. The molecule has 5 nitrogen and oxygen atoms in total. The molecule has 0 aliphatic carbocycles. The molecule has 3 heterocycles. The van der Waals surface area contributed by atoms with Crippen LogP contribution in [0, 0.1) is 11.3 Å². The van der Waals surface area contributed by atoms with Crippen LogP contribution in [0.1, 0.15) is 47.6 Å². The first kappa shape index (κ1) is 20.5. The van der Waals surface area contributed by atoms with Gasteiger partial charge in [-0.05, 0) is 43.5 Å². The van der Waals surface area contributed by atoms with Gasteiger partial charge in [-0.2, -0.15) is 18.4 Å². The van der Waals surface area contributed by atoms with E-state index in [1.807, 2.05) is 37.3 Å². The zero-order valence-corrected chi connectivity index (χ0v) is 17.1. The van der Waals surface area contributed by atoms with Crippen LogP contribution in [0.5, 0.6) is 11.8 Å². The van der Waals surface area contributed by atoms with Gasteiger partial charge in [0, 0.05) is 6.42 Å². The largest absolute Gasteiger partial charge is 0.494 e. The minimum absolute atomic E-state index is 0.0846. The number of aromatic nitrogens is 1. The van der Waals surface area contributed by atoms with Crippen LogP contribution in [0.15, 0.2) is 48.5 Å². The summed E-state index contributed by atoms with van der Waals surface area (Å²) >= 11 is 0. The summed E-state index contributed by atoms with van der Waals surface area (Å²) in [5, 5.41) is 31.3. The Morgan fingerprint density at radius 1 is 1.06 bits per heavy atom. The van der Waals surface area contributed by atoms with Crippen molar-refractivity contribution in [3.63, 3.8) is 0 Å². The summed E-state index contributed by atoms with van der Waals surface area (Å²) in [6, 6.07) is 14.2. The lowest BCUT2D eigenvalue weighted by Gasteiger charge is -2.26. The van der Waals surface area contributed by atoms with Crippen molar-refractivity contribution in [2.24, 2.45) is 0 Å². The molecule has 0 spiro atoms. The summed E-state index contributed by atoms with van der Waals surface area (Å²) in [5.41, 5.74) is -1.72. The molecule has 2 aliphatic heterocycles. The number of nitrogens with zero attached hydrogens (tertiary/aromatic N) is 2. The van der Waals surface area contributed by atoms with Crippen molar-refractivity contribution in [2.45, 2.75) is 43.6 Å². The van der Waals surface area contributed by atoms with Gasteiger partial charge in [0.2, 0.25) is 11.8 Å². The molecule has 2 N–H and O–H groups in total. The van der Waals surface area contributed by atoms with Crippen molar-refractivity contribution in [3.8, 4) is 23.5 Å². The Morgan fingerprint density at radius 2 is 1.75 bits per heavy atom. The quantitative estimate of drug-likeness (QED) is 0.583. The van der Waals surface area contributed by atoms with Crippen LogP contribution in [0.2, 0.25) is 0 Å². The second-order valence-electron chi connectivity index (χ2n) is 8.56. The second kappa shape index (κ2) is 6.53. The summed E-state index contributed by atoms with van der Waals surface area (Å²) in [5.74, 6) is -0.706. The number of hydrogen-bond donors (Lipinski definition) is 2. The first-order valence-corrected chi connectivity index (χ1v) is 10.1. The van der Waals surface area contributed by atoms with Crippen LogP contribution in [-0.2, 0) is 28.5 Å². The molecular weight excluding hydrogens is 421 g/mol. The first-order chi connectivity index (χ1) is 15.1. The van der Waals surface area contributed by atoms with Gasteiger partial charge in [-0.3, -0.25) is 4.57 Å². The average molecular weight is 440 g/mol. The van der Waals surface area contributed by atoms with E-state index >= 15 is 0 Å². The zero-order valence-electron chi connectivity index (χ0n) is 17.1. The Kier molecular flexibility index (Phi) is 4.18. The maximum Gasteiger partial charge on any atom is 0.417 e. The molecule has 1 fully saturated rings.